The number of rotatable bonds is 5. The number of hydrogen-bond acceptors (Lipinski definition) is 4. The second-order valence-corrected chi connectivity index (χ2v) is 6.08. The first kappa shape index (κ1) is 16.7. The van der Waals surface area contributed by atoms with Gasteiger partial charge in [-0.15, -0.1) is 0 Å². The topological polar surface area (TPSA) is 41.9 Å². The second kappa shape index (κ2) is 7.20. The highest BCUT2D eigenvalue weighted by molar-refractivity contribution is 5.43. The molecular formula is C19H22FNO3. The van der Waals surface area contributed by atoms with Gasteiger partial charge in [-0.1, -0.05) is 18.2 Å². The smallest absolute Gasteiger partial charge is 0.161 e. The van der Waals surface area contributed by atoms with Crippen molar-refractivity contribution in [2.24, 2.45) is 0 Å². The molecule has 0 saturated carbocycles. The van der Waals surface area contributed by atoms with Crippen molar-refractivity contribution in [3.63, 3.8) is 0 Å². The summed E-state index contributed by atoms with van der Waals surface area (Å²) in [5.74, 6) is 1.11. The minimum Gasteiger partial charge on any atom is -0.493 e. The lowest BCUT2D eigenvalue weighted by atomic mass is 10.0. The van der Waals surface area contributed by atoms with Gasteiger partial charge in [0.15, 0.2) is 11.5 Å². The third kappa shape index (κ3) is 3.52. The maximum Gasteiger partial charge on any atom is 0.161 e. The third-order valence-electron chi connectivity index (χ3n) is 4.45. The Kier molecular flexibility index (Phi) is 5.02. The van der Waals surface area contributed by atoms with Gasteiger partial charge in [0.1, 0.15) is 5.82 Å². The Bertz CT molecular complexity index is 707. The van der Waals surface area contributed by atoms with Crippen molar-refractivity contribution >= 4 is 0 Å². The lowest BCUT2D eigenvalue weighted by Gasteiger charge is -2.25. The largest absolute Gasteiger partial charge is 0.493 e. The number of ether oxygens (including phenoxy) is 2. The molecule has 3 rings (SSSR count). The predicted molar refractivity (Wildman–Crippen MR) is 89.7 cm³/mol. The minimum absolute atomic E-state index is 0.00352. The molecule has 0 radical (unpaired) electrons. The van der Waals surface area contributed by atoms with Crippen LogP contribution < -0.4 is 9.47 Å². The molecule has 1 aliphatic rings. The molecule has 0 bridgehead atoms. The van der Waals surface area contributed by atoms with Crippen molar-refractivity contribution in [3.8, 4) is 11.5 Å². The summed E-state index contributed by atoms with van der Waals surface area (Å²) in [6, 6.07) is 12.4. The van der Waals surface area contributed by atoms with Crippen LogP contribution in [0.25, 0.3) is 0 Å². The Hall–Kier alpha value is -2.11. The van der Waals surface area contributed by atoms with E-state index in [0.29, 0.717) is 31.0 Å². The molecule has 1 fully saturated rings. The number of methoxy groups -OCH3 is 2. The van der Waals surface area contributed by atoms with Gasteiger partial charge in [-0.25, -0.2) is 4.39 Å². The first-order valence-electron chi connectivity index (χ1n) is 7.99. The summed E-state index contributed by atoms with van der Waals surface area (Å²) in [4.78, 5) is 2.17. The van der Waals surface area contributed by atoms with Gasteiger partial charge >= 0.3 is 0 Å². The molecule has 4 nitrogen and oxygen atoms in total. The van der Waals surface area contributed by atoms with Crippen LogP contribution in [0.5, 0.6) is 11.5 Å². The summed E-state index contributed by atoms with van der Waals surface area (Å²) >= 11 is 0. The van der Waals surface area contributed by atoms with Crippen LogP contribution in [0.3, 0.4) is 0 Å². The van der Waals surface area contributed by atoms with Crippen molar-refractivity contribution in [2.45, 2.75) is 25.1 Å². The minimum atomic E-state index is -0.404. The Morgan fingerprint density at radius 3 is 2.62 bits per heavy atom. The normalized spacial score (nSPS) is 21.0. The summed E-state index contributed by atoms with van der Waals surface area (Å²) in [6.45, 7) is 1.22. The Morgan fingerprint density at radius 2 is 1.92 bits per heavy atom. The van der Waals surface area contributed by atoms with Crippen molar-refractivity contribution in [1.29, 1.82) is 0 Å². The molecule has 5 heteroatoms. The molecule has 0 unspecified atom stereocenters. The van der Waals surface area contributed by atoms with Crippen molar-refractivity contribution in [3.05, 3.63) is 59.4 Å². The van der Waals surface area contributed by atoms with Gasteiger partial charge in [-0.2, -0.15) is 0 Å². The van der Waals surface area contributed by atoms with Crippen LogP contribution in [0, 0.1) is 5.82 Å². The van der Waals surface area contributed by atoms with Crippen molar-refractivity contribution in [1.82, 2.24) is 4.90 Å². The summed E-state index contributed by atoms with van der Waals surface area (Å²) in [7, 11) is 3.21. The van der Waals surface area contributed by atoms with Gasteiger partial charge in [0.2, 0.25) is 0 Å². The number of β-amino-alcohol motifs (C(OH)–C–C–N with tert-alkyl or cyclic N) is 1. The molecule has 1 heterocycles. The second-order valence-electron chi connectivity index (χ2n) is 6.08. The monoisotopic (exact) mass is 331 g/mol. The van der Waals surface area contributed by atoms with E-state index in [1.165, 1.54) is 6.07 Å². The van der Waals surface area contributed by atoms with Crippen LogP contribution in [-0.4, -0.2) is 36.9 Å². The number of aliphatic hydroxyl groups excluding tert-OH is 1. The highest BCUT2D eigenvalue weighted by atomic mass is 19.1. The Balaban J connectivity index is 1.82. The molecule has 0 amide bonds. The fourth-order valence-electron chi connectivity index (χ4n) is 3.33. The standard InChI is InChI=1S/C19H22FNO3/c1-23-18-7-6-13(8-19(18)24-2)11-21-12-16(22)10-17(21)14-4-3-5-15(20)9-14/h3-9,16-17,22H,10-12H2,1-2H3/t16-,17-/m0/s1. The maximum absolute atomic E-state index is 13.5. The first-order valence-corrected chi connectivity index (χ1v) is 7.99. The van der Waals surface area contributed by atoms with Crippen LogP contribution in [0.4, 0.5) is 4.39 Å². The first-order chi connectivity index (χ1) is 11.6. The number of halogens is 1. The summed E-state index contributed by atoms with van der Waals surface area (Å²) in [5, 5.41) is 10.1. The maximum atomic E-state index is 13.5. The molecule has 2 atom stereocenters. The van der Waals surface area contributed by atoms with E-state index in [1.807, 2.05) is 24.3 Å². The zero-order valence-electron chi connectivity index (χ0n) is 13.9. The number of benzene rings is 2. The van der Waals surface area contributed by atoms with Crippen LogP contribution in [0.1, 0.15) is 23.6 Å². The van der Waals surface area contributed by atoms with Crippen LogP contribution in [-0.2, 0) is 6.54 Å². The molecule has 1 N–H and O–H groups in total. The molecular weight excluding hydrogens is 309 g/mol. The van der Waals surface area contributed by atoms with Gasteiger partial charge < -0.3 is 14.6 Å². The molecule has 0 spiro atoms. The summed E-state index contributed by atoms with van der Waals surface area (Å²) in [6.07, 6.45) is 0.204. The van der Waals surface area contributed by atoms with Crippen molar-refractivity contribution in [2.75, 3.05) is 20.8 Å². The van der Waals surface area contributed by atoms with Gasteiger partial charge in [0.25, 0.3) is 0 Å². The van der Waals surface area contributed by atoms with E-state index < -0.39 is 6.10 Å². The molecule has 128 valence electrons. The van der Waals surface area contributed by atoms with E-state index in [9.17, 15) is 9.50 Å². The zero-order chi connectivity index (χ0) is 17.1. The van der Waals surface area contributed by atoms with E-state index in [-0.39, 0.29) is 11.9 Å². The predicted octanol–water partition coefficient (Wildman–Crippen LogP) is 3.15. The van der Waals surface area contributed by atoms with Gasteiger partial charge in [0, 0.05) is 19.1 Å². The fraction of sp³-hybridized carbons (Fsp3) is 0.368. The van der Waals surface area contributed by atoms with Crippen LogP contribution >= 0.6 is 0 Å². The molecule has 0 aliphatic carbocycles. The van der Waals surface area contributed by atoms with Gasteiger partial charge in [-0.3, -0.25) is 4.90 Å². The van der Waals surface area contributed by atoms with Gasteiger partial charge in [0.05, 0.1) is 20.3 Å². The number of likely N-dealkylation sites (tertiary alicyclic amines) is 1. The number of aliphatic hydroxyl groups is 1. The molecule has 1 aliphatic heterocycles. The number of hydrogen-bond donors (Lipinski definition) is 1. The summed E-state index contributed by atoms with van der Waals surface area (Å²) in [5.41, 5.74) is 1.95. The van der Waals surface area contributed by atoms with Gasteiger partial charge in [-0.05, 0) is 41.8 Å². The van der Waals surface area contributed by atoms with Crippen LogP contribution in [0.15, 0.2) is 42.5 Å². The van der Waals surface area contributed by atoms with Crippen molar-refractivity contribution < 1.29 is 19.0 Å². The van der Waals surface area contributed by atoms with E-state index in [4.69, 9.17) is 9.47 Å². The molecule has 1 saturated heterocycles. The lowest BCUT2D eigenvalue weighted by molar-refractivity contribution is 0.172. The fourth-order valence-corrected chi connectivity index (χ4v) is 3.33. The average molecular weight is 331 g/mol. The average Bonchev–Trinajstić information content (AvgIpc) is 2.95. The molecule has 0 aromatic heterocycles. The Morgan fingerprint density at radius 1 is 1.12 bits per heavy atom. The Labute approximate surface area is 141 Å². The highest BCUT2D eigenvalue weighted by Crippen LogP contribution is 2.35. The SMILES string of the molecule is COc1ccc(CN2C[C@@H](O)C[C@H]2c2cccc(F)c2)cc1OC. The van der Waals surface area contributed by atoms with E-state index >= 15 is 0 Å². The lowest BCUT2D eigenvalue weighted by Crippen LogP contribution is -2.24. The molecule has 24 heavy (non-hydrogen) atoms. The highest BCUT2D eigenvalue weighted by Gasteiger charge is 2.32. The summed E-state index contributed by atoms with van der Waals surface area (Å²) < 4.78 is 24.2. The molecule has 2 aromatic rings. The van der Waals surface area contributed by atoms with E-state index in [1.54, 1.807) is 26.4 Å². The van der Waals surface area contributed by atoms with E-state index in [2.05, 4.69) is 4.90 Å². The van der Waals surface area contributed by atoms with Crippen LogP contribution in [0.2, 0.25) is 0 Å². The molecule has 2 aromatic carbocycles. The van der Waals surface area contributed by atoms with E-state index in [0.717, 1.165) is 11.1 Å². The quantitative estimate of drug-likeness (QED) is 0.914. The zero-order valence-corrected chi connectivity index (χ0v) is 13.9. The number of nitrogens with zero attached hydrogens (tertiary/aromatic N) is 1. The third-order valence-corrected chi connectivity index (χ3v) is 4.45.